The van der Waals surface area contributed by atoms with E-state index >= 15 is 0 Å². The molecular formula is C19H28N2O2S. The molecule has 1 heterocycles. The average Bonchev–Trinajstić information content (AvgIpc) is 3.44. The molecular weight excluding hydrogens is 320 g/mol. The molecule has 5 heteroatoms. The van der Waals surface area contributed by atoms with Crippen molar-refractivity contribution in [1.82, 2.24) is 10.2 Å². The molecule has 0 radical (unpaired) electrons. The summed E-state index contributed by atoms with van der Waals surface area (Å²) in [5.74, 6) is 2.59. The SMILES string of the molecule is CCOc1ccc(SCC(=O)N2CCC(NCC3CC3)CC2)cc1. The van der Waals surface area contributed by atoms with Crippen LogP contribution in [0.2, 0.25) is 0 Å². The van der Waals surface area contributed by atoms with E-state index in [0.717, 1.165) is 42.5 Å². The zero-order valence-corrected chi connectivity index (χ0v) is 15.3. The Morgan fingerprint density at radius 2 is 1.92 bits per heavy atom. The standard InChI is InChI=1S/C19H28N2O2S/c1-2-23-17-5-7-18(8-6-17)24-14-19(22)21-11-9-16(10-12-21)20-13-15-3-4-15/h5-8,15-16,20H,2-4,9-14H2,1H3. The molecule has 1 aliphatic heterocycles. The van der Waals surface area contributed by atoms with E-state index in [1.165, 1.54) is 19.4 Å². The van der Waals surface area contributed by atoms with Crippen molar-refractivity contribution in [2.75, 3.05) is 32.0 Å². The fraction of sp³-hybridized carbons (Fsp3) is 0.632. The molecule has 0 bridgehead atoms. The van der Waals surface area contributed by atoms with Crippen LogP contribution in [-0.4, -0.2) is 48.8 Å². The van der Waals surface area contributed by atoms with Crippen molar-refractivity contribution in [3.05, 3.63) is 24.3 Å². The van der Waals surface area contributed by atoms with Crippen molar-refractivity contribution in [2.24, 2.45) is 5.92 Å². The van der Waals surface area contributed by atoms with Gasteiger partial charge in [-0.05, 0) is 69.3 Å². The summed E-state index contributed by atoms with van der Waals surface area (Å²) in [5, 5.41) is 3.66. The summed E-state index contributed by atoms with van der Waals surface area (Å²) in [4.78, 5) is 15.5. The van der Waals surface area contributed by atoms with Crippen LogP contribution in [0.1, 0.15) is 32.6 Å². The van der Waals surface area contributed by atoms with E-state index in [2.05, 4.69) is 5.32 Å². The van der Waals surface area contributed by atoms with Crippen LogP contribution in [0.3, 0.4) is 0 Å². The lowest BCUT2D eigenvalue weighted by molar-refractivity contribution is -0.129. The van der Waals surface area contributed by atoms with Crippen LogP contribution >= 0.6 is 11.8 Å². The molecule has 1 saturated carbocycles. The fourth-order valence-corrected chi connectivity index (χ4v) is 3.82. The molecule has 0 atom stereocenters. The third-order valence-electron chi connectivity index (χ3n) is 4.74. The first-order chi connectivity index (χ1) is 11.7. The summed E-state index contributed by atoms with van der Waals surface area (Å²) in [6.45, 7) is 5.62. The summed E-state index contributed by atoms with van der Waals surface area (Å²) in [7, 11) is 0. The van der Waals surface area contributed by atoms with Crippen molar-refractivity contribution >= 4 is 17.7 Å². The number of likely N-dealkylation sites (tertiary alicyclic amines) is 1. The number of carbonyl (C=O) groups is 1. The van der Waals surface area contributed by atoms with Crippen molar-refractivity contribution in [2.45, 2.75) is 43.5 Å². The Kier molecular flexibility index (Phi) is 6.44. The Hall–Kier alpha value is -1.20. The van der Waals surface area contributed by atoms with E-state index < -0.39 is 0 Å². The molecule has 1 aromatic rings. The van der Waals surface area contributed by atoms with E-state index in [1.807, 2.05) is 36.1 Å². The second-order valence-electron chi connectivity index (χ2n) is 6.70. The van der Waals surface area contributed by atoms with Gasteiger partial charge in [0.1, 0.15) is 5.75 Å². The Morgan fingerprint density at radius 1 is 1.21 bits per heavy atom. The van der Waals surface area contributed by atoms with Gasteiger partial charge in [-0.25, -0.2) is 0 Å². The minimum Gasteiger partial charge on any atom is -0.494 e. The third-order valence-corrected chi connectivity index (χ3v) is 5.73. The predicted octanol–water partition coefficient (Wildman–Crippen LogP) is 3.17. The monoisotopic (exact) mass is 348 g/mol. The highest BCUT2D eigenvalue weighted by Crippen LogP contribution is 2.28. The van der Waals surface area contributed by atoms with Crippen LogP contribution < -0.4 is 10.1 Å². The van der Waals surface area contributed by atoms with Crippen molar-refractivity contribution < 1.29 is 9.53 Å². The van der Waals surface area contributed by atoms with Crippen LogP contribution in [0.15, 0.2) is 29.2 Å². The summed E-state index contributed by atoms with van der Waals surface area (Å²) >= 11 is 1.61. The van der Waals surface area contributed by atoms with Crippen LogP contribution in [-0.2, 0) is 4.79 Å². The predicted molar refractivity (Wildman–Crippen MR) is 98.7 cm³/mol. The number of benzene rings is 1. The second kappa shape index (κ2) is 8.77. The lowest BCUT2D eigenvalue weighted by atomic mass is 10.0. The summed E-state index contributed by atoms with van der Waals surface area (Å²) < 4.78 is 5.44. The molecule has 1 aliphatic carbocycles. The maximum absolute atomic E-state index is 12.4. The normalized spacial score (nSPS) is 18.6. The van der Waals surface area contributed by atoms with Gasteiger partial charge in [-0.1, -0.05) is 0 Å². The van der Waals surface area contributed by atoms with Crippen LogP contribution in [0.4, 0.5) is 0 Å². The minimum absolute atomic E-state index is 0.259. The van der Waals surface area contributed by atoms with Gasteiger partial charge in [0.2, 0.25) is 5.91 Å². The van der Waals surface area contributed by atoms with E-state index in [-0.39, 0.29) is 5.91 Å². The van der Waals surface area contributed by atoms with Gasteiger partial charge in [0.15, 0.2) is 0 Å². The molecule has 2 fully saturated rings. The summed E-state index contributed by atoms with van der Waals surface area (Å²) in [6, 6.07) is 8.59. The number of rotatable bonds is 8. The zero-order valence-electron chi connectivity index (χ0n) is 14.5. The van der Waals surface area contributed by atoms with Crippen LogP contribution in [0.25, 0.3) is 0 Å². The molecule has 1 aromatic carbocycles. The lowest BCUT2D eigenvalue weighted by Gasteiger charge is -2.32. The maximum atomic E-state index is 12.4. The topological polar surface area (TPSA) is 41.6 Å². The first kappa shape index (κ1) is 17.6. The van der Waals surface area contributed by atoms with E-state index in [0.29, 0.717) is 18.4 Å². The number of hydrogen-bond acceptors (Lipinski definition) is 4. The van der Waals surface area contributed by atoms with Crippen LogP contribution in [0, 0.1) is 5.92 Å². The molecule has 0 spiro atoms. The lowest BCUT2D eigenvalue weighted by Crippen LogP contribution is -2.45. The summed E-state index contributed by atoms with van der Waals surface area (Å²) in [6.07, 6.45) is 4.97. The second-order valence-corrected chi connectivity index (χ2v) is 7.75. The highest BCUT2D eigenvalue weighted by molar-refractivity contribution is 8.00. The van der Waals surface area contributed by atoms with Crippen molar-refractivity contribution in [1.29, 1.82) is 0 Å². The van der Waals surface area contributed by atoms with Gasteiger partial charge < -0.3 is 15.0 Å². The average molecular weight is 349 g/mol. The first-order valence-electron chi connectivity index (χ1n) is 9.11. The van der Waals surface area contributed by atoms with Gasteiger partial charge in [-0.15, -0.1) is 11.8 Å². The molecule has 4 nitrogen and oxygen atoms in total. The van der Waals surface area contributed by atoms with E-state index in [1.54, 1.807) is 11.8 Å². The molecule has 2 aliphatic rings. The number of ether oxygens (including phenoxy) is 1. The minimum atomic E-state index is 0.259. The van der Waals surface area contributed by atoms with Gasteiger partial charge in [-0.3, -0.25) is 4.79 Å². The number of amides is 1. The van der Waals surface area contributed by atoms with Gasteiger partial charge in [0.25, 0.3) is 0 Å². The quantitative estimate of drug-likeness (QED) is 0.733. The van der Waals surface area contributed by atoms with E-state index in [4.69, 9.17) is 4.74 Å². The van der Waals surface area contributed by atoms with Gasteiger partial charge >= 0.3 is 0 Å². The van der Waals surface area contributed by atoms with Crippen molar-refractivity contribution in [3.8, 4) is 5.75 Å². The van der Waals surface area contributed by atoms with Gasteiger partial charge in [-0.2, -0.15) is 0 Å². The largest absolute Gasteiger partial charge is 0.494 e. The Morgan fingerprint density at radius 3 is 2.54 bits per heavy atom. The maximum Gasteiger partial charge on any atom is 0.232 e. The van der Waals surface area contributed by atoms with Crippen molar-refractivity contribution in [3.63, 3.8) is 0 Å². The number of nitrogens with one attached hydrogen (secondary N) is 1. The van der Waals surface area contributed by atoms with Gasteiger partial charge in [0, 0.05) is 24.0 Å². The third kappa shape index (κ3) is 5.42. The molecule has 3 rings (SSSR count). The van der Waals surface area contributed by atoms with Gasteiger partial charge in [0.05, 0.1) is 12.4 Å². The molecule has 0 unspecified atom stereocenters. The number of nitrogens with zero attached hydrogens (tertiary/aromatic N) is 1. The van der Waals surface area contributed by atoms with Crippen LogP contribution in [0.5, 0.6) is 5.75 Å². The summed E-state index contributed by atoms with van der Waals surface area (Å²) in [5.41, 5.74) is 0. The molecule has 0 aromatic heterocycles. The molecule has 1 N–H and O–H groups in total. The molecule has 24 heavy (non-hydrogen) atoms. The Bertz CT molecular complexity index is 523. The zero-order chi connectivity index (χ0) is 16.8. The Labute approximate surface area is 149 Å². The fourth-order valence-electron chi connectivity index (χ4n) is 3.02. The van der Waals surface area contributed by atoms with E-state index in [9.17, 15) is 4.79 Å². The number of thioether (sulfide) groups is 1. The first-order valence-corrected chi connectivity index (χ1v) is 10.1. The number of carbonyl (C=O) groups excluding carboxylic acids is 1. The smallest absolute Gasteiger partial charge is 0.232 e. The number of hydrogen-bond donors (Lipinski definition) is 1. The molecule has 132 valence electrons. The number of piperidine rings is 1. The highest BCUT2D eigenvalue weighted by Gasteiger charge is 2.25. The molecule has 1 amide bonds. The Balaban J connectivity index is 1.36. The molecule has 1 saturated heterocycles. The highest BCUT2D eigenvalue weighted by atomic mass is 32.2.